The van der Waals surface area contributed by atoms with Crippen LogP contribution in [0.4, 0.5) is 0 Å². The van der Waals surface area contributed by atoms with E-state index < -0.39 is 0 Å². The van der Waals surface area contributed by atoms with E-state index in [1.807, 2.05) is 17.5 Å². The largest absolute Gasteiger partial charge is 0.332 e. The van der Waals surface area contributed by atoms with Crippen LogP contribution in [-0.2, 0) is 0 Å². The molecule has 2 bridgehead atoms. The zero-order chi connectivity index (χ0) is 15.1. The highest BCUT2D eigenvalue weighted by atomic mass is 32.1. The van der Waals surface area contributed by atoms with Crippen molar-refractivity contribution in [3.05, 3.63) is 57.8 Å². The first-order valence-electron chi connectivity index (χ1n) is 8.15. The molecule has 3 atom stereocenters. The molecule has 0 spiro atoms. The topological polar surface area (TPSA) is 20.3 Å². The lowest BCUT2D eigenvalue weighted by Crippen LogP contribution is -2.45. The van der Waals surface area contributed by atoms with Gasteiger partial charge in [-0.15, -0.1) is 11.3 Å². The third-order valence-corrected chi connectivity index (χ3v) is 6.11. The molecule has 1 aromatic carbocycles. The van der Waals surface area contributed by atoms with Crippen molar-refractivity contribution in [2.45, 2.75) is 50.6 Å². The van der Waals surface area contributed by atoms with Gasteiger partial charge in [0.1, 0.15) is 0 Å². The van der Waals surface area contributed by atoms with E-state index in [0.29, 0.717) is 18.0 Å². The van der Waals surface area contributed by atoms with Gasteiger partial charge in [0.2, 0.25) is 0 Å². The van der Waals surface area contributed by atoms with Crippen LogP contribution >= 0.6 is 11.3 Å². The second-order valence-corrected chi connectivity index (χ2v) is 7.60. The molecule has 0 radical (unpaired) electrons. The molecule has 4 rings (SSSR count). The van der Waals surface area contributed by atoms with Gasteiger partial charge in [-0.2, -0.15) is 0 Å². The number of nitrogens with zero attached hydrogens (tertiary/aromatic N) is 1. The van der Waals surface area contributed by atoms with E-state index in [1.54, 1.807) is 11.3 Å². The van der Waals surface area contributed by atoms with Crippen molar-refractivity contribution in [3.63, 3.8) is 0 Å². The lowest BCUT2D eigenvalue weighted by molar-refractivity contribution is 0.0576. The van der Waals surface area contributed by atoms with Crippen molar-refractivity contribution in [1.82, 2.24) is 4.90 Å². The van der Waals surface area contributed by atoms with Gasteiger partial charge in [0.15, 0.2) is 0 Å². The predicted octanol–water partition coefficient (Wildman–Crippen LogP) is 4.61. The minimum absolute atomic E-state index is 0.254. The molecule has 2 aliphatic rings. The fourth-order valence-electron chi connectivity index (χ4n) is 4.15. The summed E-state index contributed by atoms with van der Waals surface area (Å²) in [5, 5.41) is 1.99. The summed E-state index contributed by atoms with van der Waals surface area (Å²) in [7, 11) is 0. The number of aryl methyl sites for hydroxylation is 1. The van der Waals surface area contributed by atoms with Crippen LogP contribution in [-0.4, -0.2) is 22.9 Å². The van der Waals surface area contributed by atoms with Crippen molar-refractivity contribution in [1.29, 1.82) is 0 Å². The van der Waals surface area contributed by atoms with Gasteiger partial charge in [-0.3, -0.25) is 4.79 Å². The summed E-state index contributed by atoms with van der Waals surface area (Å²) in [5.41, 5.74) is 2.77. The highest BCUT2D eigenvalue weighted by Crippen LogP contribution is 2.43. The first-order valence-corrected chi connectivity index (χ1v) is 9.03. The number of thiophene rings is 1. The summed E-state index contributed by atoms with van der Waals surface area (Å²) in [5.74, 6) is 0.871. The molecule has 0 N–H and O–H groups in total. The fraction of sp³-hybridized carbons (Fsp3) is 0.421. The second kappa shape index (κ2) is 5.54. The Morgan fingerprint density at radius 3 is 2.36 bits per heavy atom. The maximum atomic E-state index is 12.7. The molecule has 3 heteroatoms. The molecule has 2 nitrogen and oxygen atoms in total. The molecule has 1 aromatic heterocycles. The first-order chi connectivity index (χ1) is 10.7. The molecule has 1 amide bonds. The maximum Gasteiger partial charge on any atom is 0.264 e. The predicted molar refractivity (Wildman–Crippen MR) is 90.5 cm³/mol. The van der Waals surface area contributed by atoms with Crippen molar-refractivity contribution >= 4 is 17.2 Å². The Hall–Kier alpha value is -1.61. The summed E-state index contributed by atoms with van der Waals surface area (Å²) in [6, 6.07) is 13.8. The van der Waals surface area contributed by atoms with Gasteiger partial charge in [0.25, 0.3) is 5.91 Å². The van der Waals surface area contributed by atoms with Crippen molar-refractivity contribution in [3.8, 4) is 0 Å². The highest BCUT2D eigenvalue weighted by molar-refractivity contribution is 7.12. The number of carbonyl (C=O) groups excluding carboxylic acids is 1. The summed E-state index contributed by atoms with van der Waals surface area (Å²) in [6.45, 7) is 2.13. The quantitative estimate of drug-likeness (QED) is 0.793. The summed E-state index contributed by atoms with van der Waals surface area (Å²) in [4.78, 5) is 15.8. The zero-order valence-corrected chi connectivity index (χ0v) is 13.7. The van der Waals surface area contributed by atoms with E-state index in [1.165, 1.54) is 24.0 Å². The van der Waals surface area contributed by atoms with Gasteiger partial charge >= 0.3 is 0 Å². The molecule has 22 heavy (non-hydrogen) atoms. The summed E-state index contributed by atoms with van der Waals surface area (Å²) >= 11 is 1.56. The molecular weight excluding hydrogens is 290 g/mol. The van der Waals surface area contributed by atoms with Crippen molar-refractivity contribution < 1.29 is 4.79 Å². The Morgan fingerprint density at radius 1 is 1.09 bits per heavy atom. The minimum atomic E-state index is 0.254. The third-order valence-electron chi connectivity index (χ3n) is 5.25. The fourth-order valence-corrected chi connectivity index (χ4v) is 4.81. The number of hydrogen-bond donors (Lipinski definition) is 0. The van der Waals surface area contributed by atoms with Crippen LogP contribution in [0.15, 0.2) is 41.8 Å². The van der Waals surface area contributed by atoms with E-state index in [0.717, 1.165) is 17.7 Å². The van der Waals surface area contributed by atoms with Crippen molar-refractivity contribution in [2.24, 2.45) is 0 Å². The lowest BCUT2D eigenvalue weighted by atomic mass is 9.84. The number of carbonyl (C=O) groups is 1. The Balaban J connectivity index is 1.54. The van der Waals surface area contributed by atoms with Crippen LogP contribution in [0, 0.1) is 6.92 Å². The van der Waals surface area contributed by atoms with E-state index in [4.69, 9.17) is 0 Å². The molecule has 2 fully saturated rings. The summed E-state index contributed by atoms with van der Waals surface area (Å²) < 4.78 is 0. The van der Waals surface area contributed by atoms with Gasteiger partial charge < -0.3 is 4.90 Å². The summed E-state index contributed by atoms with van der Waals surface area (Å²) in [6.07, 6.45) is 4.58. The Kier molecular flexibility index (Phi) is 3.53. The Morgan fingerprint density at radius 2 is 1.77 bits per heavy atom. The van der Waals surface area contributed by atoms with Gasteiger partial charge in [-0.05, 0) is 55.5 Å². The standard InChI is InChI=1S/C19H21NOS/c1-13-4-6-14(7-5-13)15-11-16-8-9-17(12-15)20(16)19(21)18-3-2-10-22-18/h2-7,10,15-17H,8-9,11-12H2,1H3/t15-,16+,17-. The maximum absolute atomic E-state index is 12.7. The molecule has 2 saturated heterocycles. The highest BCUT2D eigenvalue weighted by Gasteiger charge is 2.43. The number of amides is 1. The minimum Gasteiger partial charge on any atom is -0.332 e. The average Bonchev–Trinajstić information content (AvgIpc) is 3.14. The van der Waals surface area contributed by atoms with Gasteiger partial charge in [0.05, 0.1) is 4.88 Å². The molecule has 0 aliphatic carbocycles. The number of hydrogen-bond acceptors (Lipinski definition) is 2. The number of piperidine rings is 1. The van der Waals surface area contributed by atoms with Crippen LogP contribution in [0.25, 0.3) is 0 Å². The van der Waals surface area contributed by atoms with E-state index >= 15 is 0 Å². The molecule has 2 aromatic rings. The lowest BCUT2D eigenvalue weighted by Gasteiger charge is -2.39. The van der Waals surface area contributed by atoms with Crippen LogP contribution in [0.1, 0.15) is 52.4 Å². The average molecular weight is 311 g/mol. The van der Waals surface area contributed by atoms with E-state index in [9.17, 15) is 4.79 Å². The van der Waals surface area contributed by atoms with Crippen LogP contribution < -0.4 is 0 Å². The van der Waals surface area contributed by atoms with Crippen LogP contribution in [0.3, 0.4) is 0 Å². The van der Waals surface area contributed by atoms with E-state index in [-0.39, 0.29) is 5.91 Å². The zero-order valence-electron chi connectivity index (χ0n) is 12.9. The van der Waals surface area contributed by atoms with Gasteiger partial charge in [-0.1, -0.05) is 35.9 Å². The Labute approximate surface area is 135 Å². The third kappa shape index (κ3) is 2.38. The van der Waals surface area contributed by atoms with Crippen LogP contribution in [0.2, 0.25) is 0 Å². The molecule has 2 aliphatic heterocycles. The van der Waals surface area contributed by atoms with Gasteiger partial charge in [0, 0.05) is 12.1 Å². The second-order valence-electron chi connectivity index (χ2n) is 6.65. The molecular formula is C19H21NOS. The molecule has 0 unspecified atom stereocenters. The number of rotatable bonds is 2. The Bertz CT molecular complexity index is 647. The first kappa shape index (κ1) is 14.0. The van der Waals surface area contributed by atoms with Crippen LogP contribution in [0.5, 0.6) is 0 Å². The number of benzene rings is 1. The normalized spacial score (nSPS) is 27.1. The molecule has 3 heterocycles. The van der Waals surface area contributed by atoms with E-state index in [2.05, 4.69) is 36.1 Å². The number of fused-ring (bicyclic) bond motifs is 2. The molecule has 0 saturated carbocycles. The van der Waals surface area contributed by atoms with Gasteiger partial charge in [-0.25, -0.2) is 0 Å². The monoisotopic (exact) mass is 311 g/mol. The van der Waals surface area contributed by atoms with Crippen molar-refractivity contribution in [2.75, 3.05) is 0 Å². The smallest absolute Gasteiger partial charge is 0.264 e. The molecule has 114 valence electrons. The SMILES string of the molecule is Cc1ccc([C@H]2C[C@H]3CC[C@@H](C2)N3C(=O)c2cccs2)cc1.